The highest BCUT2D eigenvalue weighted by molar-refractivity contribution is 5.24. The van der Waals surface area contributed by atoms with Crippen molar-refractivity contribution in [1.82, 2.24) is 5.32 Å². The Labute approximate surface area is 99.6 Å². The van der Waals surface area contributed by atoms with E-state index in [4.69, 9.17) is 0 Å². The van der Waals surface area contributed by atoms with E-state index in [9.17, 15) is 0 Å². The van der Waals surface area contributed by atoms with Gasteiger partial charge in [0.15, 0.2) is 0 Å². The van der Waals surface area contributed by atoms with E-state index < -0.39 is 0 Å². The smallest absolute Gasteiger partial charge is 0.0294 e. The number of hydrogen-bond acceptors (Lipinski definition) is 1. The van der Waals surface area contributed by atoms with Crippen LogP contribution in [0.5, 0.6) is 0 Å². The zero-order chi connectivity index (χ0) is 12.0. The fourth-order valence-electron chi connectivity index (χ4n) is 1.60. The lowest BCUT2D eigenvalue weighted by molar-refractivity contribution is 0.616. The molecule has 1 rings (SSSR count). The molecule has 0 spiro atoms. The van der Waals surface area contributed by atoms with Gasteiger partial charge in [-0.2, -0.15) is 0 Å². The number of rotatable bonds is 5. The Morgan fingerprint density at radius 1 is 1.25 bits per heavy atom. The van der Waals surface area contributed by atoms with Crippen LogP contribution in [0.3, 0.4) is 0 Å². The van der Waals surface area contributed by atoms with Gasteiger partial charge in [-0.25, -0.2) is 0 Å². The molecular formula is C15H23N. The van der Waals surface area contributed by atoms with E-state index in [0.717, 1.165) is 13.0 Å². The molecule has 0 aromatic heterocycles. The van der Waals surface area contributed by atoms with Gasteiger partial charge in [0.05, 0.1) is 0 Å². The van der Waals surface area contributed by atoms with Gasteiger partial charge in [0, 0.05) is 12.6 Å². The predicted molar refractivity (Wildman–Crippen MR) is 71.7 cm³/mol. The van der Waals surface area contributed by atoms with Crippen LogP contribution in [0.4, 0.5) is 0 Å². The van der Waals surface area contributed by atoms with Crippen molar-refractivity contribution in [3.05, 3.63) is 47.0 Å². The van der Waals surface area contributed by atoms with Crippen molar-refractivity contribution in [1.29, 1.82) is 0 Å². The molecule has 0 heterocycles. The van der Waals surface area contributed by atoms with Crippen molar-refractivity contribution in [2.24, 2.45) is 0 Å². The molecule has 1 unspecified atom stereocenters. The summed E-state index contributed by atoms with van der Waals surface area (Å²) in [7, 11) is 0. The molecule has 0 saturated carbocycles. The summed E-state index contributed by atoms with van der Waals surface area (Å²) in [6.07, 6.45) is 3.33. The quantitative estimate of drug-likeness (QED) is 0.738. The highest BCUT2D eigenvalue weighted by Crippen LogP contribution is 2.13. The van der Waals surface area contributed by atoms with Gasteiger partial charge in [-0.15, -0.1) is 0 Å². The van der Waals surface area contributed by atoms with Gasteiger partial charge in [-0.05, 0) is 38.3 Å². The summed E-state index contributed by atoms with van der Waals surface area (Å²) in [4.78, 5) is 0. The molecular weight excluding hydrogens is 194 g/mol. The second-order valence-corrected chi connectivity index (χ2v) is 4.51. The van der Waals surface area contributed by atoms with Gasteiger partial charge >= 0.3 is 0 Å². The first-order chi connectivity index (χ1) is 7.63. The number of hydrogen-bond donors (Lipinski definition) is 1. The maximum Gasteiger partial charge on any atom is 0.0294 e. The molecule has 1 N–H and O–H groups in total. The lowest BCUT2D eigenvalue weighted by Gasteiger charge is -2.13. The lowest BCUT2D eigenvalue weighted by Crippen LogP contribution is -2.18. The second kappa shape index (κ2) is 6.49. The highest BCUT2D eigenvalue weighted by Gasteiger charge is 2.02. The van der Waals surface area contributed by atoms with Gasteiger partial charge in [0.1, 0.15) is 0 Å². The van der Waals surface area contributed by atoms with Gasteiger partial charge in [0.25, 0.3) is 0 Å². The number of allylic oxidation sites excluding steroid dienone is 1. The Kier molecular flexibility index (Phi) is 5.27. The molecule has 16 heavy (non-hydrogen) atoms. The molecule has 0 bridgehead atoms. The second-order valence-electron chi connectivity index (χ2n) is 4.51. The van der Waals surface area contributed by atoms with Crippen molar-refractivity contribution in [2.45, 2.75) is 40.2 Å². The first kappa shape index (κ1) is 13.0. The molecule has 1 atom stereocenters. The summed E-state index contributed by atoms with van der Waals surface area (Å²) in [6.45, 7) is 9.59. The topological polar surface area (TPSA) is 12.0 Å². The molecule has 0 aliphatic heterocycles. The van der Waals surface area contributed by atoms with Crippen molar-refractivity contribution >= 4 is 0 Å². The number of benzene rings is 1. The standard InChI is InChI=1S/C15H23N/c1-5-14-6-8-15(9-7-14)13(4)16-11-10-12(2)3/h6-10,13,16H,5,11H2,1-4H3. The molecule has 1 nitrogen and oxygen atoms in total. The Bertz CT molecular complexity index is 331. The summed E-state index contributed by atoms with van der Waals surface area (Å²) in [5.74, 6) is 0. The van der Waals surface area contributed by atoms with E-state index in [1.165, 1.54) is 16.7 Å². The third-order valence-corrected chi connectivity index (χ3v) is 2.82. The molecule has 88 valence electrons. The average Bonchev–Trinajstić information content (AvgIpc) is 2.28. The summed E-state index contributed by atoms with van der Waals surface area (Å²) in [5, 5.41) is 3.49. The molecule has 1 heteroatoms. The average molecular weight is 217 g/mol. The minimum Gasteiger partial charge on any atom is -0.307 e. The third-order valence-electron chi connectivity index (χ3n) is 2.82. The summed E-state index contributed by atoms with van der Waals surface area (Å²) in [5.41, 5.74) is 4.13. The molecule has 0 amide bonds. The molecule has 0 aliphatic carbocycles. The van der Waals surface area contributed by atoms with Crippen molar-refractivity contribution < 1.29 is 0 Å². The molecule has 0 fully saturated rings. The summed E-state index contributed by atoms with van der Waals surface area (Å²) in [6, 6.07) is 9.29. The van der Waals surface area contributed by atoms with Crippen LogP contribution in [0, 0.1) is 0 Å². The van der Waals surface area contributed by atoms with Gasteiger partial charge in [-0.3, -0.25) is 0 Å². The summed E-state index contributed by atoms with van der Waals surface area (Å²) < 4.78 is 0. The van der Waals surface area contributed by atoms with Crippen LogP contribution in [0.15, 0.2) is 35.9 Å². The van der Waals surface area contributed by atoms with E-state index in [1.54, 1.807) is 0 Å². The minimum atomic E-state index is 0.418. The third kappa shape index (κ3) is 4.19. The Morgan fingerprint density at radius 3 is 2.38 bits per heavy atom. The largest absolute Gasteiger partial charge is 0.307 e. The van der Waals surface area contributed by atoms with Gasteiger partial charge in [0.2, 0.25) is 0 Å². The zero-order valence-corrected chi connectivity index (χ0v) is 10.9. The van der Waals surface area contributed by atoms with Crippen molar-refractivity contribution in [3.63, 3.8) is 0 Å². The normalized spacial score (nSPS) is 12.2. The SMILES string of the molecule is CCc1ccc(C(C)NCC=C(C)C)cc1. The fraction of sp³-hybridized carbons (Fsp3) is 0.467. The maximum atomic E-state index is 3.49. The van der Waals surface area contributed by atoms with Crippen LogP contribution in [0.1, 0.15) is 44.9 Å². The monoisotopic (exact) mass is 217 g/mol. The zero-order valence-electron chi connectivity index (χ0n) is 10.9. The fourth-order valence-corrected chi connectivity index (χ4v) is 1.60. The van der Waals surface area contributed by atoms with E-state index in [0.29, 0.717) is 6.04 Å². The van der Waals surface area contributed by atoms with Crippen molar-refractivity contribution in [2.75, 3.05) is 6.54 Å². The number of aryl methyl sites for hydroxylation is 1. The van der Waals surface area contributed by atoms with E-state index in [-0.39, 0.29) is 0 Å². The molecule has 1 aromatic carbocycles. The molecule has 1 aromatic rings. The van der Waals surface area contributed by atoms with E-state index in [2.05, 4.69) is 63.4 Å². The van der Waals surface area contributed by atoms with Crippen LogP contribution < -0.4 is 5.32 Å². The van der Waals surface area contributed by atoms with E-state index >= 15 is 0 Å². The Balaban J connectivity index is 2.52. The van der Waals surface area contributed by atoms with Crippen LogP contribution in [-0.4, -0.2) is 6.54 Å². The van der Waals surface area contributed by atoms with Gasteiger partial charge < -0.3 is 5.32 Å². The number of nitrogens with one attached hydrogen (secondary N) is 1. The first-order valence-electron chi connectivity index (χ1n) is 6.09. The summed E-state index contributed by atoms with van der Waals surface area (Å²) >= 11 is 0. The maximum absolute atomic E-state index is 3.49. The molecule has 0 radical (unpaired) electrons. The lowest BCUT2D eigenvalue weighted by atomic mass is 10.1. The van der Waals surface area contributed by atoms with Gasteiger partial charge in [-0.1, -0.05) is 42.8 Å². The molecule has 0 aliphatic rings. The van der Waals surface area contributed by atoms with Crippen LogP contribution in [-0.2, 0) is 6.42 Å². The Hall–Kier alpha value is -1.08. The van der Waals surface area contributed by atoms with E-state index in [1.807, 2.05) is 0 Å². The van der Waals surface area contributed by atoms with Crippen LogP contribution >= 0.6 is 0 Å². The minimum absolute atomic E-state index is 0.418. The Morgan fingerprint density at radius 2 is 1.88 bits per heavy atom. The predicted octanol–water partition coefficient (Wildman–Crippen LogP) is 3.87. The first-order valence-corrected chi connectivity index (χ1v) is 6.09. The van der Waals surface area contributed by atoms with Crippen molar-refractivity contribution in [3.8, 4) is 0 Å². The van der Waals surface area contributed by atoms with Crippen LogP contribution in [0.2, 0.25) is 0 Å². The highest BCUT2D eigenvalue weighted by atomic mass is 14.9. The molecule has 0 saturated heterocycles. The van der Waals surface area contributed by atoms with Crippen LogP contribution in [0.25, 0.3) is 0 Å².